The van der Waals surface area contributed by atoms with Gasteiger partial charge in [-0.05, 0) is 24.6 Å². The predicted octanol–water partition coefficient (Wildman–Crippen LogP) is 2.47. The third kappa shape index (κ3) is 1.48. The summed E-state index contributed by atoms with van der Waals surface area (Å²) in [6, 6.07) is 7.73. The van der Waals surface area contributed by atoms with E-state index in [0.29, 0.717) is 12.3 Å². The summed E-state index contributed by atoms with van der Waals surface area (Å²) < 4.78 is 4.86. The largest absolute Gasteiger partial charge is 0.419 e. The molecule has 0 N–H and O–H groups in total. The lowest BCUT2D eigenvalue weighted by Crippen LogP contribution is -2.22. The Kier molecular flexibility index (Phi) is 2.00. The molecule has 1 fully saturated rings. The molecule has 1 aromatic rings. The lowest BCUT2D eigenvalue weighted by atomic mass is 10.2. The van der Waals surface area contributed by atoms with Crippen LogP contribution in [0.5, 0.6) is 0 Å². The van der Waals surface area contributed by atoms with Crippen LogP contribution >= 0.6 is 0 Å². The Morgan fingerprint density at radius 3 is 2.86 bits per heavy atom. The van der Waals surface area contributed by atoms with E-state index in [1.807, 2.05) is 31.2 Å². The number of rotatable bonds is 1. The Morgan fingerprint density at radius 1 is 1.50 bits per heavy atom. The van der Waals surface area contributed by atoms with Crippen molar-refractivity contribution in [3.8, 4) is 0 Å². The Morgan fingerprint density at radius 2 is 2.29 bits per heavy atom. The Labute approximate surface area is 82.6 Å². The highest BCUT2D eigenvalue weighted by atomic mass is 16.6. The van der Waals surface area contributed by atoms with Crippen LogP contribution in [0.3, 0.4) is 0 Å². The summed E-state index contributed by atoms with van der Waals surface area (Å²) in [7, 11) is 0. The van der Waals surface area contributed by atoms with Gasteiger partial charge >= 0.3 is 6.09 Å². The molecule has 0 aromatic heterocycles. The summed E-state index contributed by atoms with van der Waals surface area (Å²) in [4.78, 5) is 12.9. The van der Waals surface area contributed by atoms with Crippen LogP contribution in [0.2, 0.25) is 0 Å². The van der Waals surface area contributed by atoms with E-state index in [0.717, 1.165) is 11.3 Å². The standard InChI is InChI=1S/C11H11NO2/c1-8-4-3-5-10(6-8)12-7-9(2)14-11(12)13/h3-6H,2,7H2,1H3. The van der Waals surface area contributed by atoms with E-state index in [4.69, 9.17) is 4.74 Å². The van der Waals surface area contributed by atoms with Gasteiger partial charge in [-0.25, -0.2) is 4.79 Å². The predicted molar refractivity (Wildman–Crippen MR) is 54.1 cm³/mol. The van der Waals surface area contributed by atoms with Crippen molar-refractivity contribution >= 4 is 11.8 Å². The third-order valence-corrected chi connectivity index (χ3v) is 2.10. The van der Waals surface area contributed by atoms with Gasteiger partial charge in [0.05, 0.1) is 6.54 Å². The summed E-state index contributed by atoms with van der Waals surface area (Å²) in [6.07, 6.45) is -0.347. The van der Waals surface area contributed by atoms with Crippen LogP contribution in [0.25, 0.3) is 0 Å². The van der Waals surface area contributed by atoms with Crippen LogP contribution in [0, 0.1) is 6.92 Å². The van der Waals surface area contributed by atoms with E-state index in [9.17, 15) is 4.79 Å². The van der Waals surface area contributed by atoms with Crippen LogP contribution in [0.1, 0.15) is 5.56 Å². The summed E-state index contributed by atoms with van der Waals surface area (Å²) >= 11 is 0. The zero-order valence-electron chi connectivity index (χ0n) is 7.99. The molecule has 1 amide bonds. The number of aryl methyl sites for hydroxylation is 1. The highest BCUT2D eigenvalue weighted by Gasteiger charge is 2.26. The monoisotopic (exact) mass is 189 g/mol. The van der Waals surface area contributed by atoms with Crippen molar-refractivity contribution < 1.29 is 9.53 Å². The van der Waals surface area contributed by atoms with E-state index >= 15 is 0 Å². The van der Waals surface area contributed by atoms with Crippen LogP contribution < -0.4 is 4.90 Å². The SMILES string of the molecule is C=C1CN(c2cccc(C)c2)C(=O)O1. The number of cyclic esters (lactones) is 1. The molecule has 0 atom stereocenters. The van der Waals surface area contributed by atoms with Gasteiger partial charge in [0.15, 0.2) is 0 Å². The Balaban J connectivity index is 2.31. The molecule has 1 aromatic carbocycles. The van der Waals surface area contributed by atoms with Crippen LogP contribution in [-0.4, -0.2) is 12.6 Å². The summed E-state index contributed by atoms with van der Waals surface area (Å²) in [5, 5.41) is 0. The van der Waals surface area contributed by atoms with E-state index in [-0.39, 0.29) is 6.09 Å². The van der Waals surface area contributed by atoms with E-state index in [1.165, 1.54) is 0 Å². The maximum absolute atomic E-state index is 11.3. The van der Waals surface area contributed by atoms with Crippen molar-refractivity contribution in [2.24, 2.45) is 0 Å². The van der Waals surface area contributed by atoms with E-state index < -0.39 is 0 Å². The lowest BCUT2D eigenvalue weighted by Gasteiger charge is -2.12. The van der Waals surface area contributed by atoms with Gasteiger partial charge in [0.2, 0.25) is 0 Å². The quantitative estimate of drug-likeness (QED) is 0.679. The number of carbonyl (C=O) groups excluding carboxylic acids is 1. The zero-order valence-corrected chi connectivity index (χ0v) is 7.99. The molecular weight excluding hydrogens is 178 g/mol. The number of carbonyl (C=O) groups is 1. The first-order chi connectivity index (χ1) is 6.66. The minimum atomic E-state index is -0.347. The normalized spacial score (nSPS) is 15.9. The molecular formula is C11H11NO2. The Bertz CT molecular complexity index is 398. The lowest BCUT2D eigenvalue weighted by molar-refractivity contribution is 0.199. The summed E-state index contributed by atoms with van der Waals surface area (Å²) in [5.41, 5.74) is 1.97. The second-order valence-corrected chi connectivity index (χ2v) is 3.33. The molecule has 3 nitrogen and oxygen atoms in total. The Hall–Kier alpha value is -1.77. The highest BCUT2D eigenvalue weighted by Crippen LogP contribution is 2.22. The first-order valence-corrected chi connectivity index (χ1v) is 4.40. The molecule has 3 heteroatoms. The van der Waals surface area contributed by atoms with E-state index in [2.05, 4.69) is 6.58 Å². The second kappa shape index (κ2) is 3.18. The molecule has 0 aliphatic carbocycles. The number of ether oxygens (including phenoxy) is 1. The smallest absolute Gasteiger partial charge is 0.413 e. The molecule has 1 heterocycles. The van der Waals surface area contributed by atoms with Crippen molar-refractivity contribution in [3.63, 3.8) is 0 Å². The maximum Gasteiger partial charge on any atom is 0.419 e. The van der Waals surface area contributed by atoms with Crippen molar-refractivity contribution in [2.75, 3.05) is 11.4 Å². The number of nitrogens with zero attached hydrogens (tertiary/aromatic N) is 1. The van der Waals surface area contributed by atoms with Gasteiger partial charge in [-0.1, -0.05) is 18.7 Å². The molecule has 1 aliphatic rings. The fraction of sp³-hybridized carbons (Fsp3) is 0.182. The van der Waals surface area contributed by atoms with Crippen molar-refractivity contribution in [1.82, 2.24) is 0 Å². The number of benzene rings is 1. The van der Waals surface area contributed by atoms with Gasteiger partial charge in [-0.3, -0.25) is 4.90 Å². The van der Waals surface area contributed by atoms with Gasteiger partial charge in [-0.15, -0.1) is 0 Å². The van der Waals surface area contributed by atoms with Gasteiger partial charge in [-0.2, -0.15) is 0 Å². The van der Waals surface area contributed by atoms with Gasteiger partial charge in [0.1, 0.15) is 5.76 Å². The second-order valence-electron chi connectivity index (χ2n) is 3.33. The number of amides is 1. The molecule has 0 spiro atoms. The molecule has 72 valence electrons. The van der Waals surface area contributed by atoms with E-state index in [1.54, 1.807) is 4.90 Å². The molecule has 2 rings (SSSR count). The minimum Gasteiger partial charge on any atom is -0.413 e. The van der Waals surface area contributed by atoms with Crippen molar-refractivity contribution in [2.45, 2.75) is 6.92 Å². The highest BCUT2D eigenvalue weighted by molar-refractivity contribution is 5.91. The summed E-state index contributed by atoms with van der Waals surface area (Å²) in [5.74, 6) is 0.497. The van der Waals surface area contributed by atoms with Gasteiger partial charge in [0.25, 0.3) is 0 Å². The number of hydrogen-bond acceptors (Lipinski definition) is 2. The van der Waals surface area contributed by atoms with Crippen LogP contribution in [0.15, 0.2) is 36.6 Å². The van der Waals surface area contributed by atoms with Crippen LogP contribution in [0.4, 0.5) is 10.5 Å². The average molecular weight is 189 g/mol. The minimum absolute atomic E-state index is 0.347. The molecule has 0 bridgehead atoms. The van der Waals surface area contributed by atoms with Crippen molar-refractivity contribution in [1.29, 1.82) is 0 Å². The topological polar surface area (TPSA) is 29.5 Å². The van der Waals surface area contributed by atoms with Crippen molar-refractivity contribution in [3.05, 3.63) is 42.2 Å². The molecule has 0 unspecified atom stereocenters. The van der Waals surface area contributed by atoms with Gasteiger partial charge < -0.3 is 4.74 Å². The fourth-order valence-electron chi connectivity index (χ4n) is 1.44. The average Bonchev–Trinajstić information content (AvgIpc) is 2.45. The fourth-order valence-corrected chi connectivity index (χ4v) is 1.44. The molecule has 1 aliphatic heterocycles. The zero-order chi connectivity index (χ0) is 10.1. The van der Waals surface area contributed by atoms with Crippen LogP contribution in [-0.2, 0) is 4.74 Å². The first-order valence-electron chi connectivity index (χ1n) is 4.40. The molecule has 0 saturated carbocycles. The molecule has 1 saturated heterocycles. The molecule has 0 radical (unpaired) electrons. The number of hydrogen-bond donors (Lipinski definition) is 0. The summed E-state index contributed by atoms with van der Waals surface area (Å²) in [6.45, 7) is 6.05. The van der Waals surface area contributed by atoms with Gasteiger partial charge in [0, 0.05) is 5.69 Å². The third-order valence-electron chi connectivity index (χ3n) is 2.10. The molecule has 14 heavy (non-hydrogen) atoms. The number of anilines is 1. The maximum atomic E-state index is 11.3. The first kappa shape index (κ1) is 8.81.